The summed E-state index contributed by atoms with van der Waals surface area (Å²) in [5.74, 6) is -0.678. The smallest absolute Gasteiger partial charge is 0.219 e. The predicted octanol–water partition coefficient (Wildman–Crippen LogP) is 1.37. The lowest BCUT2D eigenvalue weighted by atomic mass is 9.49. The number of fused-ring (bicyclic) bond motifs is 1. The highest BCUT2D eigenvalue weighted by atomic mass is 79.9. The second kappa shape index (κ2) is 5.20. The summed E-state index contributed by atoms with van der Waals surface area (Å²) in [6.45, 7) is 1.88. The molecule has 4 atom stereocenters. The summed E-state index contributed by atoms with van der Waals surface area (Å²) in [5.41, 5.74) is -1.19. The van der Waals surface area contributed by atoms with E-state index < -0.39 is 21.9 Å². The molecule has 2 aliphatic carbocycles. The van der Waals surface area contributed by atoms with Crippen molar-refractivity contribution in [2.75, 3.05) is 6.54 Å². The van der Waals surface area contributed by atoms with Gasteiger partial charge in [-0.05, 0) is 30.9 Å². The number of hydrogen-bond acceptors (Lipinski definition) is 5. The Balaban J connectivity index is 2.04. The molecule has 1 amide bonds. The molecule has 1 aromatic rings. The largest absolute Gasteiger partial charge is 0.504 e. The molecular weight excluding hydrogens is 390 g/mol. The Hall–Kier alpha value is -1.60. The molecule has 1 aromatic carbocycles. The van der Waals surface area contributed by atoms with Gasteiger partial charge in [0.05, 0.1) is 21.9 Å². The number of phenols is 2. The Morgan fingerprint density at radius 3 is 2.72 bits per heavy atom. The predicted molar refractivity (Wildman–Crippen MR) is 92.9 cm³/mol. The van der Waals surface area contributed by atoms with Crippen LogP contribution in [0, 0.1) is 0 Å². The molecule has 6 nitrogen and oxygen atoms in total. The number of phenolic OH excluding ortho intramolecular Hbond substituents is 2. The number of hydrogen-bond donors (Lipinski definition) is 3. The van der Waals surface area contributed by atoms with Crippen LogP contribution in [0.5, 0.6) is 11.5 Å². The SMILES string of the molecule is CC(=O)N1CCC23c4c(ccc(O)c4O)CC1C2(O)CCC(=O)C3Br. The minimum atomic E-state index is -1.34. The van der Waals surface area contributed by atoms with Gasteiger partial charge in [0.25, 0.3) is 0 Å². The topological polar surface area (TPSA) is 98.1 Å². The number of Topliss-reactive ketones (excluding diaryl/α,β-unsaturated/α-hetero) is 1. The first-order valence-corrected chi connectivity index (χ1v) is 9.36. The Bertz CT molecular complexity index is 796. The van der Waals surface area contributed by atoms with Gasteiger partial charge >= 0.3 is 0 Å². The Morgan fingerprint density at radius 1 is 1.32 bits per heavy atom. The van der Waals surface area contributed by atoms with Crippen molar-refractivity contribution in [2.24, 2.45) is 0 Å². The van der Waals surface area contributed by atoms with Crippen LogP contribution in [-0.2, 0) is 21.4 Å². The first-order chi connectivity index (χ1) is 11.7. The van der Waals surface area contributed by atoms with Gasteiger partial charge in [0.15, 0.2) is 11.5 Å². The van der Waals surface area contributed by atoms with Crippen LogP contribution in [0.1, 0.15) is 37.3 Å². The lowest BCUT2D eigenvalue weighted by Crippen LogP contribution is -2.76. The van der Waals surface area contributed by atoms with E-state index in [1.807, 2.05) is 0 Å². The van der Waals surface area contributed by atoms with E-state index in [0.717, 1.165) is 5.56 Å². The Morgan fingerprint density at radius 2 is 2.04 bits per heavy atom. The van der Waals surface area contributed by atoms with E-state index in [1.165, 1.54) is 13.0 Å². The number of alkyl halides is 1. The molecule has 3 aliphatic rings. The number of rotatable bonds is 0. The molecule has 134 valence electrons. The van der Waals surface area contributed by atoms with Crippen molar-refractivity contribution in [1.82, 2.24) is 4.90 Å². The molecule has 4 unspecified atom stereocenters. The third-order valence-corrected chi connectivity index (χ3v) is 7.71. The minimum absolute atomic E-state index is 0.0321. The second-order valence-electron chi connectivity index (χ2n) is 7.37. The van der Waals surface area contributed by atoms with Gasteiger partial charge in [-0.2, -0.15) is 0 Å². The number of amides is 1. The van der Waals surface area contributed by atoms with E-state index in [2.05, 4.69) is 15.9 Å². The van der Waals surface area contributed by atoms with E-state index in [-0.39, 0.29) is 36.0 Å². The van der Waals surface area contributed by atoms with Crippen LogP contribution in [0.15, 0.2) is 12.1 Å². The number of ketones is 1. The third kappa shape index (κ3) is 1.88. The van der Waals surface area contributed by atoms with Gasteiger partial charge in [-0.3, -0.25) is 9.59 Å². The number of nitrogens with zero attached hydrogens (tertiary/aromatic N) is 1. The van der Waals surface area contributed by atoms with Gasteiger partial charge in [0, 0.05) is 25.5 Å². The quantitative estimate of drug-likeness (QED) is 0.444. The van der Waals surface area contributed by atoms with Crippen molar-refractivity contribution in [3.63, 3.8) is 0 Å². The molecule has 1 saturated heterocycles. The monoisotopic (exact) mass is 409 g/mol. The van der Waals surface area contributed by atoms with Gasteiger partial charge in [-0.1, -0.05) is 22.0 Å². The lowest BCUT2D eigenvalue weighted by Gasteiger charge is -2.64. The zero-order chi connectivity index (χ0) is 18.1. The Kier molecular flexibility index (Phi) is 3.51. The number of carbonyl (C=O) groups excluding carboxylic acids is 2. The van der Waals surface area contributed by atoms with Crippen LogP contribution in [0.2, 0.25) is 0 Å². The molecule has 0 spiro atoms. The molecule has 7 heteroatoms. The number of aliphatic hydroxyl groups is 1. The first-order valence-electron chi connectivity index (χ1n) is 8.44. The number of halogens is 1. The minimum Gasteiger partial charge on any atom is -0.504 e. The maximum Gasteiger partial charge on any atom is 0.219 e. The highest BCUT2D eigenvalue weighted by Crippen LogP contribution is 2.61. The molecule has 4 rings (SSSR count). The second-order valence-corrected chi connectivity index (χ2v) is 8.29. The highest BCUT2D eigenvalue weighted by molar-refractivity contribution is 9.10. The van der Waals surface area contributed by atoms with Gasteiger partial charge in [0.1, 0.15) is 5.78 Å². The van der Waals surface area contributed by atoms with Crippen molar-refractivity contribution in [2.45, 2.75) is 54.5 Å². The molecule has 25 heavy (non-hydrogen) atoms. The summed E-state index contributed by atoms with van der Waals surface area (Å²) in [5, 5.41) is 32.4. The van der Waals surface area contributed by atoms with Crippen molar-refractivity contribution in [3.05, 3.63) is 23.3 Å². The van der Waals surface area contributed by atoms with Crippen LogP contribution in [0.3, 0.4) is 0 Å². The maximum absolute atomic E-state index is 12.5. The zero-order valence-corrected chi connectivity index (χ0v) is 15.4. The highest BCUT2D eigenvalue weighted by Gasteiger charge is 2.69. The van der Waals surface area contributed by atoms with E-state index in [0.29, 0.717) is 24.9 Å². The average Bonchev–Trinajstić information content (AvgIpc) is 2.55. The zero-order valence-electron chi connectivity index (χ0n) is 13.8. The number of piperidine rings is 1. The summed E-state index contributed by atoms with van der Waals surface area (Å²) in [7, 11) is 0. The fourth-order valence-electron chi connectivity index (χ4n) is 5.30. The normalized spacial score (nSPS) is 36.6. The molecule has 0 radical (unpaired) electrons. The molecular formula is C18H20BrNO5. The van der Waals surface area contributed by atoms with Crippen LogP contribution in [-0.4, -0.2) is 54.9 Å². The van der Waals surface area contributed by atoms with Crippen LogP contribution in [0.25, 0.3) is 0 Å². The van der Waals surface area contributed by atoms with Crippen molar-refractivity contribution in [1.29, 1.82) is 0 Å². The molecule has 1 saturated carbocycles. The van der Waals surface area contributed by atoms with Gasteiger partial charge in [-0.25, -0.2) is 0 Å². The maximum atomic E-state index is 12.5. The molecule has 1 heterocycles. The molecule has 2 bridgehead atoms. The third-order valence-electron chi connectivity index (χ3n) is 6.42. The lowest BCUT2D eigenvalue weighted by molar-refractivity contribution is -0.177. The number of carbonyl (C=O) groups is 2. The van der Waals surface area contributed by atoms with E-state index in [4.69, 9.17) is 0 Å². The van der Waals surface area contributed by atoms with Crippen molar-refractivity contribution >= 4 is 27.6 Å². The van der Waals surface area contributed by atoms with Crippen molar-refractivity contribution < 1.29 is 24.9 Å². The fraction of sp³-hybridized carbons (Fsp3) is 0.556. The average molecular weight is 410 g/mol. The summed E-state index contributed by atoms with van der Waals surface area (Å²) < 4.78 is 0. The van der Waals surface area contributed by atoms with Crippen LogP contribution < -0.4 is 0 Å². The van der Waals surface area contributed by atoms with Gasteiger partial charge < -0.3 is 20.2 Å². The Labute approximate surface area is 153 Å². The molecule has 1 aliphatic heterocycles. The standard InChI is InChI=1S/C18H20BrNO5/c1-9(21)20-7-6-17-14-10(2-3-11(22)15(14)24)8-13(20)18(17,25)5-4-12(23)16(17)19/h2-3,13,16,22,24-25H,4-8H2,1H3. The summed E-state index contributed by atoms with van der Waals surface area (Å²) in [6.07, 6.45) is 1.17. The fourth-order valence-corrected chi connectivity index (χ4v) is 6.38. The summed E-state index contributed by atoms with van der Waals surface area (Å²) in [6, 6.07) is 2.67. The molecule has 3 N–H and O–H groups in total. The first kappa shape index (κ1) is 16.8. The number of aromatic hydroxyl groups is 2. The van der Waals surface area contributed by atoms with E-state index in [1.54, 1.807) is 11.0 Å². The van der Waals surface area contributed by atoms with Gasteiger partial charge in [0.2, 0.25) is 5.91 Å². The van der Waals surface area contributed by atoms with Crippen molar-refractivity contribution in [3.8, 4) is 11.5 Å². The molecule has 2 fully saturated rings. The number of benzene rings is 1. The molecule has 0 aromatic heterocycles. The summed E-state index contributed by atoms with van der Waals surface area (Å²) in [4.78, 5) is 25.7. The summed E-state index contributed by atoms with van der Waals surface area (Å²) >= 11 is 3.49. The van der Waals surface area contributed by atoms with Crippen LogP contribution in [0.4, 0.5) is 0 Å². The van der Waals surface area contributed by atoms with Gasteiger partial charge in [-0.15, -0.1) is 0 Å². The van der Waals surface area contributed by atoms with Crippen LogP contribution >= 0.6 is 15.9 Å². The number of likely N-dealkylation sites (tertiary alicyclic amines) is 1. The van der Waals surface area contributed by atoms with E-state index in [9.17, 15) is 24.9 Å². The van der Waals surface area contributed by atoms with E-state index >= 15 is 0 Å².